The Morgan fingerprint density at radius 3 is 2.54 bits per heavy atom. The van der Waals surface area contributed by atoms with E-state index in [-0.39, 0.29) is 11.3 Å². The molecular weight excluding hydrogens is 330 g/mol. The van der Waals surface area contributed by atoms with Crippen molar-refractivity contribution < 1.29 is 22.7 Å². The number of rotatable bonds is 7. The number of carbonyl (C=O) groups is 1. The predicted molar refractivity (Wildman–Crippen MR) is 91.9 cm³/mol. The number of benzene rings is 2. The summed E-state index contributed by atoms with van der Waals surface area (Å²) in [5, 5.41) is 0. The standard InChI is InChI=1S/C17H19NO5S/c1-22-16-8-3-5-13(11-16)9-10-24(20,21)18-15-7-4-6-14(12-15)17(19)23-2/h3-8,11-12,18H,9-10H2,1-2H3. The van der Waals surface area contributed by atoms with Crippen molar-refractivity contribution in [3.05, 3.63) is 59.7 Å². The minimum atomic E-state index is -3.54. The summed E-state index contributed by atoms with van der Waals surface area (Å²) < 4.78 is 36.6. The van der Waals surface area contributed by atoms with Crippen LogP contribution in [0, 0.1) is 0 Å². The van der Waals surface area contributed by atoms with Crippen molar-refractivity contribution in [1.82, 2.24) is 0 Å². The van der Waals surface area contributed by atoms with Gasteiger partial charge in [0.1, 0.15) is 5.75 Å². The molecule has 6 nitrogen and oxygen atoms in total. The highest BCUT2D eigenvalue weighted by atomic mass is 32.2. The molecule has 0 heterocycles. The van der Waals surface area contributed by atoms with Gasteiger partial charge in [0.05, 0.1) is 25.5 Å². The first-order chi connectivity index (χ1) is 11.4. The van der Waals surface area contributed by atoms with Gasteiger partial charge in [-0.25, -0.2) is 13.2 Å². The number of esters is 1. The highest BCUT2D eigenvalue weighted by Gasteiger charge is 2.13. The van der Waals surface area contributed by atoms with Crippen molar-refractivity contribution in [3.63, 3.8) is 0 Å². The molecule has 0 radical (unpaired) electrons. The normalized spacial score (nSPS) is 10.9. The SMILES string of the molecule is COC(=O)c1cccc(NS(=O)(=O)CCc2cccc(OC)c2)c1. The second-order valence-electron chi connectivity index (χ2n) is 5.09. The maximum atomic E-state index is 12.2. The number of aryl methyl sites for hydroxylation is 1. The Kier molecular flexibility index (Phi) is 5.81. The molecule has 128 valence electrons. The molecule has 0 aliphatic heterocycles. The predicted octanol–water partition coefficient (Wildman–Crippen LogP) is 2.47. The fourth-order valence-corrected chi connectivity index (χ4v) is 3.23. The first-order valence-electron chi connectivity index (χ1n) is 7.25. The van der Waals surface area contributed by atoms with Crippen LogP contribution in [0.15, 0.2) is 48.5 Å². The monoisotopic (exact) mass is 349 g/mol. The number of carbonyl (C=O) groups excluding carboxylic acids is 1. The quantitative estimate of drug-likeness (QED) is 0.777. The van der Waals surface area contributed by atoms with Crippen molar-refractivity contribution in [2.75, 3.05) is 24.7 Å². The van der Waals surface area contributed by atoms with Crippen LogP contribution in [-0.4, -0.2) is 34.4 Å². The summed E-state index contributed by atoms with van der Waals surface area (Å²) >= 11 is 0. The third kappa shape index (κ3) is 4.99. The summed E-state index contributed by atoms with van der Waals surface area (Å²) in [6.07, 6.45) is 0.350. The van der Waals surface area contributed by atoms with Gasteiger partial charge < -0.3 is 9.47 Å². The summed E-state index contributed by atoms with van der Waals surface area (Å²) in [4.78, 5) is 11.5. The molecule has 0 fully saturated rings. The van der Waals surface area contributed by atoms with Crippen LogP contribution in [0.5, 0.6) is 5.75 Å². The van der Waals surface area contributed by atoms with E-state index in [0.29, 0.717) is 17.9 Å². The van der Waals surface area contributed by atoms with Crippen molar-refractivity contribution in [2.24, 2.45) is 0 Å². The second-order valence-corrected chi connectivity index (χ2v) is 6.94. The van der Waals surface area contributed by atoms with Crippen LogP contribution in [0.2, 0.25) is 0 Å². The summed E-state index contributed by atoms with van der Waals surface area (Å²) in [7, 11) is -0.712. The van der Waals surface area contributed by atoms with E-state index in [1.807, 2.05) is 12.1 Å². The molecular formula is C17H19NO5S. The molecule has 2 aromatic carbocycles. The number of methoxy groups -OCH3 is 2. The first-order valence-corrected chi connectivity index (χ1v) is 8.90. The van der Waals surface area contributed by atoms with Crippen LogP contribution >= 0.6 is 0 Å². The van der Waals surface area contributed by atoms with Gasteiger partial charge in [0.2, 0.25) is 10.0 Å². The molecule has 1 N–H and O–H groups in total. The van der Waals surface area contributed by atoms with E-state index in [0.717, 1.165) is 5.56 Å². The van der Waals surface area contributed by atoms with E-state index in [9.17, 15) is 13.2 Å². The summed E-state index contributed by atoms with van der Waals surface area (Å²) in [5.74, 6) is 0.0823. The lowest BCUT2D eigenvalue weighted by Gasteiger charge is -2.09. The van der Waals surface area contributed by atoms with Gasteiger partial charge in [0.15, 0.2) is 0 Å². The topological polar surface area (TPSA) is 81.7 Å². The van der Waals surface area contributed by atoms with Crippen LogP contribution in [0.3, 0.4) is 0 Å². The maximum Gasteiger partial charge on any atom is 0.337 e. The molecule has 0 saturated carbocycles. The molecule has 0 amide bonds. The number of nitrogens with one attached hydrogen (secondary N) is 1. The van der Waals surface area contributed by atoms with Gasteiger partial charge >= 0.3 is 5.97 Å². The number of hydrogen-bond donors (Lipinski definition) is 1. The lowest BCUT2D eigenvalue weighted by atomic mass is 10.2. The third-order valence-electron chi connectivity index (χ3n) is 3.35. The van der Waals surface area contributed by atoms with Crippen molar-refractivity contribution >= 4 is 21.7 Å². The molecule has 2 aromatic rings. The molecule has 7 heteroatoms. The van der Waals surface area contributed by atoms with Crippen LogP contribution in [0.1, 0.15) is 15.9 Å². The van der Waals surface area contributed by atoms with E-state index in [2.05, 4.69) is 9.46 Å². The molecule has 0 bridgehead atoms. The van der Waals surface area contributed by atoms with E-state index < -0.39 is 16.0 Å². The Labute approximate surface area is 141 Å². The molecule has 24 heavy (non-hydrogen) atoms. The molecule has 0 unspecified atom stereocenters. The molecule has 2 rings (SSSR count). The van der Waals surface area contributed by atoms with Gasteiger partial charge in [0.25, 0.3) is 0 Å². The average molecular weight is 349 g/mol. The molecule has 0 saturated heterocycles. The van der Waals surface area contributed by atoms with Gasteiger partial charge in [-0.1, -0.05) is 18.2 Å². The Morgan fingerprint density at radius 2 is 1.83 bits per heavy atom. The first kappa shape index (κ1) is 17.8. The largest absolute Gasteiger partial charge is 0.497 e. The Bertz CT molecular complexity index is 817. The van der Waals surface area contributed by atoms with Gasteiger partial charge in [-0.2, -0.15) is 0 Å². The van der Waals surface area contributed by atoms with Gasteiger partial charge in [-0.3, -0.25) is 4.72 Å². The number of anilines is 1. The number of sulfonamides is 1. The van der Waals surface area contributed by atoms with Crippen LogP contribution < -0.4 is 9.46 Å². The minimum Gasteiger partial charge on any atom is -0.497 e. The molecule has 0 atom stereocenters. The Balaban J connectivity index is 2.04. The van der Waals surface area contributed by atoms with Gasteiger partial charge in [-0.15, -0.1) is 0 Å². The van der Waals surface area contributed by atoms with Crippen LogP contribution in [0.25, 0.3) is 0 Å². The fourth-order valence-electron chi connectivity index (χ4n) is 2.14. The Hall–Kier alpha value is -2.54. The minimum absolute atomic E-state index is 0.0807. The van der Waals surface area contributed by atoms with Crippen molar-refractivity contribution in [2.45, 2.75) is 6.42 Å². The zero-order valence-electron chi connectivity index (χ0n) is 13.5. The smallest absolute Gasteiger partial charge is 0.337 e. The van der Waals surface area contributed by atoms with Gasteiger partial charge in [0, 0.05) is 5.69 Å². The lowest BCUT2D eigenvalue weighted by Crippen LogP contribution is -2.18. The molecule has 0 aliphatic rings. The van der Waals surface area contributed by atoms with E-state index >= 15 is 0 Å². The molecule has 0 aromatic heterocycles. The number of hydrogen-bond acceptors (Lipinski definition) is 5. The average Bonchev–Trinajstić information content (AvgIpc) is 2.59. The summed E-state index contributed by atoms with van der Waals surface area (Å²) in [5.41, 5.74) is 1.47. The highest BCUT2D eigenvalue weighted by Crippen LogP contribution is 2.16. The zero-order chi connectivity index (χ0) is 17.6. The molecule has 0 spiro atoms. The number of ether oxygens (including phenoxy) is 2. The van der Waals surface area contributed by atoms with Crippen molar-refractivity contribution in [3.8, 4) is 5.75 Å². The van der Waals surface area contributed by atoms with Crippen LogP contribution in [0.4, 0.5) is 5.69 Å². The van der Waals surface area contributed by atoms with Crippen LogP contribution in [-0.2, 0) is 21.2 Å². The zero-order valence-corrected chi connectivity index (χ0v) is 14.3. The van der Waals surface area contributed by atoms with E-state index in [1.54, 1.807) is 37.4 Å². The summed E-state index contributed by atoms with van der Waals surface area (Å²) in [6.45, 7) is 0. The second kappa shape index (κ2) is 7.83. The third-order valence-corrected chi connectivity index (χ3v) is 4.64. The van der Waals surface area contributed by atoms with E-state index in [1.165, 1.54) is 13.2 Å². The Morgan fingerprint density at radius 1 is 1.08 bits per heavy atom. The summed E-state index contributed by atoms with van der Waals surface area (Å²) in [6, 6.07) is 13.4. The van der Waals surface area contributed by atoms with Gasteiger partial charge in [-0.05, 0) is 42.3 Å². The molecule has 0 aliphatic carbocycles. The van der Waals surface area contributed by atoms with Crippen molar-refractivity contribution in [1.29, 1.82) is 0 Å². The lowest BCUT2D eigenvalue weighted by molar-refractivity contribution is 0.0601. The van der Waals surface area contributed by atoms with E-state index in [4.69, 9.17) is 4.74 Å². The maximum absolute atomic E-state index is 12.2. The fraction of sp³-hybridized carbons (Fsp3) is 0.235. The highest BCUT2D eigenvalue weighted by molar-refractivity contribution is 7.92.